The minimum Gasteiger partial charge on any atom is -0.412 e. The van der Waals surface area contributed by atoms with Gasteiger partial charge in [0.2, 0.25) is 0 Å². The Hall–Kier alpha value is -0.200. The largest absolute Gasteiger partial charge is 0.412 e. The molecule has 0 spiro atoms. The fraction of sp³-hybridized carbons (Fsp3) is 1.00. The van der Waals surface area contributed by atoms with E-state index >= 15 is 0 Å². The third-order valence-electron chi connectivity index (χ3n) is 1.26. The van der Waals surface area contributed by atoms with E-state index in [1.165, 1.54) is 6.92 Å². The molecule has 2 saturated heterocycles. The Bertz CT molecular complexity index is 99.8. The van der Waals surface area contributed by atoms with Gasteiger partial charge in [0.1, 0.15) is 0 Å². The summed E-state index contributed by atoms with van der Waals surface area (Å²) in [7, 11) is 0. The number of ether oxygens (including phenoxy) is 2. The molecule has 5 nitrogen and oxygen atoms in total. The van der Waals surface area contributed by atoms with Crippen LogP contribution < -0.4 is 0 Å². The Labute approximate surface area is 85.0 Å². The maximum absolute atomic E-state index is 8.11. The monoisotopic (exact) mass is 210 g/mol. The average Bonchev–Trinajstić information content (AvgIpc) is 2.94. The van der Waals surface area contributed by atoms with E-state index < -0.39 is 6.10 Å². The third kappa shape index (κ3) is 22.6. The van der Waals surface area contributed by atoms with Crippen LogP contribution in [0, 0.1) is 0 Å². The molecular weight excluding hydrogens is 188 g/mol. The highest BCUT2D eigenvalue weighted by Gasteiger charge is 2.13. The molecule has 0 bridgehead atoms. The fourth-order valence-electron chi connectivity index (χ4n) is 0.192. The van der Waals surface area contributed by atoms with Crippen LogP contribution in [0.4, 0.5) is 0 Å². The van der Waals surface area contributed by atoms with E-state index in [0.29, 0.717) is 12.2 Å². The molecule has 2 heterocycles. The van der Waals surface area contributed by atoms with Gasteiger partial charge in [0.25, 0.3) is 0 Å². The van der Waals surface area contributed by atoms with E-state index in [-0.39, 0.29) is 12.1 Å². The lowest BCUT2D eigenvalue weighted by atomic mass is 10.5. The average molecular weight is 210 g/mol. The van der Waals surface area contributed by atoms with Gasteiger partial charge in [0.05, 0.1) is 38.1 Å². The van der Waals surface area contributed by atoms with Crippen LogP contribution in [0.15, 0.2) is 0 Å². The highest BCUT2D eigenvalue weighted by Crippen LogP contribution is 2.04. The number of aliphatic hydroxyl groups is 2. The van der Waals surface area contributed by atoms with Crippen LogP contribution in [-0.2, 0) is 9.47 Å². The molecule has 0 amide bonds. The Balaban J connectivity index is 0. The number of epoxide rings is 2. The molecule has 0 saturated carbocycles. The molecule has 0 aliphatic carbocycles. The van der Waals surface area contributed by atoms with Crippen LogP contribution in [0.3, 0.4) is 0 Å². The quantitative estimate of drug-likeness (QED) is 0.562. The summed E-state index contributed by atoms with van der Waals surface area (Å²) in [5.74, 6) is 0. The highest BCUT2D eigenvalue weighted by molar-refractivity contribution is 4.58. The van der Waals surface area contributed by atoms with Crippen molar-refractivity contribution in [3.05, 3.63) is 0 Å². The molecule has 14 heavy (non-hydrogen) atoms. The van der Waals surface area contributed by atoms with Gasteiger partial charge in [-0.2, -0.15) is 0 Å². The Morgan fingerprint density at radius 3 is 1.36 bits per heavy atom. The predicted octanol–water partition coefficient (Wildman–Crippen LogP) is -0.655. The van der Waals surface area contributed by atoms with Crippen molar-refractivity contribution in [3.8, 4) is 0 Å². The maximum Gasteiger partial charge on any atom is 0.0781 e. The number of hydrogen-bond donors (Lipinski definition) is 2. The van der Waals surface area contributed by atoms with Gasteiger partial charge in [-0.05, 0) is 20.8 Å². The summed E-state index contributed by atoms with van der Waals surface area (Å²) < 4.78 is 9.42. The minimum atomic E-state index is -0.560. The van der Waals surface area contributed by atoms with Gasteiger partial charge in [-0.25, -0.2) is 0 Å². The molecule has 3 atom stereocenters. The maximum atomic E-state index is 8.11. The lowest BCUT2D eigenvalue weighted by Crippen LogP contribution is -2.03. The number of rotatable bonds is 1. The summed E-state index contributed by atoms with van der Waals surface area (Å²) >= 11 is 0. The third-order valence-corrected chi connectivity index (χ3v) is 1.26. The summed E-state index contributed by atoms with van der Waals surface area (Å²) in [6.07, 6.45) is 0.606. The number of aliphatic hydroxyl groups excluding tert-OH is 2. The summed E-state index contributed by atoms with van der Waals surface area (Å²) in [5, 5.41) is 16.0. The molecule has 0 aromatic rings. The minimum absolute atomic E-state index is 0. The van der Waals surface area contributed by atoms with Crippen molar-refractivity contribution >= 4 is 0 Å². The highest BCUT2D eigenvalue weighted by atomic mass is 16.6. The summed E-state index contributed by atoms with van der Waals surface area (Å²) in [6, 6.07) is 0. The Morgan fingerprint density at radius 2 is 1.36 bits per heavy atom. The van der Waals surface area contributed by atoms with Crippen molar-refractivity contribution < 1.29 is 25.2 Å². The molecule has 2 fully saturated rings. The normalized spacial score (nSPS) is 28.1. The smallest absolute Gasteiger partial charge is 0.0781 e. The molecule has 5 heteroatoms. The van der Waals surface area contributed by atoms with E-state index in [4.69, 9.17) is 19.7 Å². The van der Waals surface area contributed by atoms with Gasteiger partial charge in [-0.3, -0.25) is 0 Å². The van der Waals surface area contributed by atoms with Crippen molar-refractivity contribution in [2.45, 2.75) is 39.1 Å². The molecule has 2 aliphatic heterocycles. The zero-order valence-corrected chi connectivity index (χ0v) is 9.06. The molecule has 0 radical (unpaired) electrons. The van der Waals surface area contributed by atoms with E-state index in [0.717, 1.165) is 13.2 Å². The molecule has 0 aromatic carbocycles. The van der Waals surface area contributed by atoms with E-state index in [1.807, 2.05) is 0 Å². The summed E-state index contributed by atoms with van der Waals surface area (Å²) in [6.45, 7) is 7.47. The Kier molecular flexibility index (Phi) is 10.9. The van der Waals surface area contributed by atoms with Gasteiger partial charge in [0, 0.05) is 0 Å². The molecule has 4 N–H and O–H groups in total. The van der Waals surface area contributed by atoms with Crippen LogP contribution in [0.5, 0.6) is 0 Å². The zero-order valence-electron chi connectivity index (χ0n) is 9.06. The van der Waals surface area contributed by atoms with E-state index in [9.17, 15) is 0 Å². The van der Waals surface area contributed by atoms with Crippen molar-refractivity contribution in [1.29, 1.82) is 0 Å². The van der Waals surface area contributed by atoms with Gasteiger partial charge in [-0.15, -0.1) is 0 Å². The molecule has 2 unspecified atom stereocenters. The lowest BCUT2D eigenvalue weighted by molar-refractivity contribution is 0.110. The zero-order chi connectivity index (χ0) is 10.3. The molecule has 0 aromatic heterocycles. The Morgan fingerprint density at radius 1 is 1.21 bits per heavy atom. The van der Waals surface area contributed by atoms with E-state index in [2.05, 4.69) is 13.8 Å². The van der Waals surface area contributed by atoms with Gasteiger partial charge < -0.3 is 25.2 Å². The summed E-state index contributed by atoms with van der Waals surface area (Å²) in [5.41, 5.74) is 0. The SMILES string of the molecule is CC1CO1.CC1CO1.C[C@@H](O)CO.O. The number of hydrogen-bond acceptors (Lipinski definition) is 4. The van der Waals surface area contributed by atoms with Crippen LogP contribution in [0.1, 0.15) is 20.8 Å². The second-order valence-corrected chi connectivity index (χ2v) is 3.32. The first kappa shape index (κ1) is 16.2. The molecule has 88 valence electrons. The molecule has 2 aliphatic rings. The second-order valence-electron chi connectivity index (χ2n) is 3.32. The van der Waals surface area contributed by atoms with Crippen LogP contribution in [-0.4, -0.2) is 53.8 Å². The van der Waals surface area contributed by atoms with Crippen LogP contribution in [0.2, 0.25) is 0 Å². The lowest BCUT2D eigenvalue weighted by Gasteiger charge is -1.90. The molecule has 2 rings (SSSR count). The van der Waals surface area contributed by atoms with E-state index in [1.54, 1.807) is 0 Å². The predicted molar refractivity (Wildman–Crippen MR) is 53.2 cm³/mol. The van der Waals surface area contributed by atoms with Crippen molar-refractivity contribution in [2.24, 2.45) is 0 Å². The van der Waals surface area contributed by atoms with Crippen LogP contribution >= 0.6 is 0 Å². The first-order valence-electron chi connectivity index (χ1n) is 4.58. The van der Waals surface area contributed by atoms with Crippen molar-refractivity contribution in [2.75, 3.05) is 19.8 Å². The van der Waals surface area contributed by atoms with Gasteiger partial charge in [-0.1, -0.05) is 0 Å². The standard InChI is InChI=1S/C3H8O2.2C3H6O.H2O/c1-3(5)2-4;2*1-3-2-4-3;/h3-5H,2H2,1H3;2*3H,2H2,1H3;1H2/t3-;;;/m1.../s1. The second kappa shape index (κ2) is 9.36. The van der Waals surface area contributed by atoms with Gasteiger partial charge >= 0.3 is 0 Å². The van der Waals surface area contributed by atoms with Crippen LogP contribution in [0.25, 0.3) is 0 Å². The first-order valence-corrected chi connectivity index (χ1v) is 4.58. The van der Waals surface area contributed by atoms with Gasteiger partial charge in [0.15, 0.2) is 0 Å². The van der Waals surface area contributed by atoms with Crippen molar-refractivity contribution in [3.63, 3.8) is 0 Å². The topological polar surface area (TPSA) is 97.0 Å². The summed E-state index contributed by atoms with van der Waals surface area (Å²) in [4.78, 5) is 0. The van der Waals surface area contributed by atoms with Crippen molar-refractivity contribution in [1.82, 2.24) is 0 Å². The fourth-order valence-corrected chi connectivity index (χ4v) is 0.192. The first-order chi connectivity index (χ1) is 6.06. The molecular formula is C9H22O5.